The van der Waals surface area contributed by atoms with Crippen LogP contribution in [0, 0.1) is 0 Å². The molecule has 15 heavy (non-hydrogen) atoms. The molecule has 1 aliphatic heterocycles. The van der Waals surface area contributed by atoms with Crippen LogP contribution in [0.3, 0.4) is 0 Å². The molecule has 3 nitrogen and oxygen atoms in total. The molecule has 0 amide bonds. The van der Waals surface area contributed by atoms with Gasteiger partial charge < -0.3 is 4.74 Å². The zero-order valence-electron chi connectivity index (χ0n) is 8.28. The van der Waals surface area contributed by atoms with Crippen LogP contribution in [0.5, 0.6) is 0 Å². The normalized spacial score (nSPS) is 14.6. The predicted octanol–water partition coefficient (Wildman–Crippen LogP) is 2.15. The second-order valence-corrected chi connectivity index (χ2v) is 4.36. The molecule has 0 spiro atoms. The molecule has 0 saturated heterocycles. The van der Waals surface area contributed by atoms with E-state index in [9.17, 15) is 9.59 Å². The largest absolute Gasteiger partial charge is 0.465 e. The van der Waals surface area contributed by atoms with Gasteiger partial charge in [-0.1, -0.05) is 0 Å². The zero-order valence-corrected chi connectivity index (χ0v) is 9.10. The van der Waals surface area contributed by atoms with E-state index in [0.717, 1.165) is 16.2 Å². The first-order chi connectivity index (χ1) is 7.22. The third kappa shape index (κ3) is 1.90. The summed E-state index contributed by atoms with van der Waals surface area (Å²) in [6.07, 6.45) is 0.579. The summed E-state index contributed by atoms with van der Waals surface area (Å²) in [5, 5.41) is 0. The highest BCUT2D eigenvalue weighted by atomic mass is 32.2. The first kappa shape index (κ1) is 10.2. The Morgan fingerprint density at radius 2 is 2.27 bits per heavy atom. The minimum absolute atomic E-state index is 0.153. The van der Waals surface area contributed by atoms with Gasteiger partial charge in [-0.05, 0) is 18.2 Å². The molecule has 2 rings (SSSR count). The number of hydrogen-bond acceptors (Lipinski definition) is 4. The Morgan fingerprint density at radius 3 is 3.00 bits per heavy atom. The first-order valence-electron chi connectivity index (χ1n) is 4.61. The van der Waals surface area contributed by atoms with Crippen LogP contribution in [0.1, 0.15) is 27.1 Å². The van der Waals surface area contributed by atoms with Crippen molar-refractivity contribution in [2.75, 3.05) is 12.9 Å². The van der Waals surface area contributed by atoms with Gasteiger partial charge in [0.05, 0.1) is 12.7 Å². The van der Waals surface area contributed by atoms with Crippen molar-refractivity contribution in [2.24, 2.45) is 0 Å². The van der Waals surface area contributed by atoms with E-state index in [1.165, 1.54) is 7.11 Å². The topological polar surface area (TPSA) is 43.4 Å². The number of thioether (sulfide) groups is 1. The minimum atomic E-state index is -0.364. The molecule has 4 heteroatoms. The van der Waals surface area contributed by atoms with Gasteiger partial charge in [-0.25, -0.2) is 4.79 Å². The number of rotatable bonds is 1. The van der Waals surface area contributed by atoms with Crippen LogP contribution in [0.4, 0.5) is 0 Å². The summed E-state index contributed by atoms with van der Waals surface area (Å²) in [6, 6.07) is 5.06. The predicted molar refractivity (Wildman–Crippen MR) is 57.5 cm³/mol. The molecule has 0 radical (unpaired) electrons. The van der Waals surface area contributed by atoms with Gasteiger partial charge in [0.1, 0.15) is 0 Å². The molecule has 0 aromatic heterocycles. The van der Waals surface area contributed by atoms with E-state index >= 15 is 0 Å². The Morgan fingerprint density at radius 1 is 1.47 bits per heavy atom. The van der Waals surface area contributed by atoms with Crippen LogP contribution in [-0.4, -0.2) is 24.6 Å². The first-order valence-corrected chi connectivity index (χ1v) is 5.59. The van der Waals surface area contributed by atoms with Gasteiger partial charge in [-0.15, -0.1) is 11.8 Å². The smallest absolute Gasteiger partial charge is 0.337 e. The third-order valence-corrected chi connectivity index (χ3v) is 3.35. The highest BCUT2D eigenvalue weighted by Crippen LogP contribution is 2.30. The monoisotopic (exact) mass is 222 g/mol. The van der Waals surface area contributed by atoms with E-state index in [1.54, 1.807) is 30.0 Å². The standard InChI is InChI=1S/C11H10O3S/c1-14-11(13)7-2-3-8-9(12)4-5-15-10(8)6-7/h2-3,6H,4-5H2,1H3. The number of esters is 1. The molecule has 0 aliphatic carbocycles. The van der Waals surface area contributed by atoms with Crippen molar-refractivity contribution in [3.05, 3.63) is 29.3 Å². The summed E-state index contributed by atoms with van der Waals surface area (Å²) in [7, 11) is 1.35. The molecule has 0 unspecified atom stereocenters. The van der Waals surface area contributed by atoms with E-state index in [2.05, 4.69) is 4.74 Å². The van der Waals surface area contributed by atoms with Crippen LogP contribution in [0.15, 0.2) is 23.1 Å². The van der Waals surface area contributed by atoms with Gasteiger partial charge in [0.2, 0.25) is 0 Å². The zero-order chi connectivity index (χ0) is 10.8. The van der Waals surface area contributed by atoms with Crippen molar-refractivity contribution in [2.45, 2.75) is 11.3 Å². The Balaban J connectivity index is 2.41. The fourth-order valence-electron chi connectivity index (χ4n) is 1.51. The average molecular weight is 222 g/mol. The van der Waals surface area contributed by atoms with Gasteiger partial charge >= 0.3 is 5.97 Å². The Bertz CT molecular complexity index is 426. The molecule has 0 saturated carbocycles. The van der Waals surface area contributed by atoms with Crippen LogP contribution in [0.2, 0.25) is 0 Å². The van der Waals surface area contributed by atoms with Crippen LogP contribution in [-0.2, 0) is 4.74 Å². The second-order valence-electron chi connectivity index (χ2n) is 3.22. The van der Waals surface area contributed by atoms with Crippen molar-refractivity contribution >= 4 is 23.5 Å². The van der Waals surface area contributed by atoms with Gasteiger partial charge in [0.25, 0.3) is 0 Å². The SMILES string of the molecule is COC(=O)c1ccc2c(c1)SCCC2=O. The summed E-state index contributed by atoms with van der Waals surface area (Å²) in [4.78, 5) is 23.7. The molecule has 1 aromatic carbocycles. The highest BCUT2D eigenvalue weighted by Gasteiger charge is 2.19. The number of ether oxygens (including phenoxy) is 1. The van der Waals surface area contributed by atoms with E-state index in [0.29, 0.717) is 12.0 Å². The average Bonchev–Trinajstić information content (AvgIpc) is 2.28. The number of fused-ring (bicyclic) bond motifs is 1. The number of Topliss-reactive ketones (excluding diaryl/α,β-unsaturated/α-hetero) is 1. The van der Waals surface area contributed by atoms with Crippen LogP contribution >= 0.6 is 11.8 Å². The molecule has 1 aliphatic rings. The number of ketones is 1. The number of carbonyl (C=O) groups is 2. The third-order valence-electron chi connectivity index (χ3n) is 2.29. The quantitative estimate of drug-likeness (QED) is 0.683. The second kappa shape index (κ2) is 4.06. The Hall–Kier alpha value is -1.29. The molecular formula is C11H10O3S. The lowest BCUT2D eigenvalue weighted by Gasteiger charge is -2.14. The van der Waals surface area contributed by atoms with E-state index in [-0.39, 0.29) is 11.8 Å². The van der Waals surface area contributed by atoms with E-state index in [1.807, 2.05) is 0 Å². The van der Waals surface area contributed by atoms with E-state index in [4.69, 9.17) is 0 Å². The maximum atomic E-state index is 11.5. The summed E-state index contributed by atoms with van der Waals surface area (Å²) >= 11 is 1.61. The maximum absolute atomic E-state index is 11.5. The van der Waals surface area contributed by atoms with Gasteiger partial charge in [0, 0.05) is 22.6 Å². The highest BCUT2D eigenvalue weighted by molar-refractivity contribution is 7.99. The lowest BCUT2D eigenvalue weighted by atomic mass is 10.1. The van der Waals surface area contributed by atoms with Crippen molar-refractivity contribution < 1.29 is 14.3 Å². The Labute approximate surface area is 91.8 Å². The van der Waals surface area contributed by atoms with Crippen molar-refractivity contribution in [3.8, 4) is 0 Å². The van der Waals surface area contributed by atoms with Crippen molar-refractivity contribution in [3.63, 3.8) is 0 Å². The Kier molecular flexibility index (Phi) is 2.77. The molecular weight excluding hydrogens is 212 g/mol. The summed E-state index contributed by atoms with van der Waals surface area (Å²) < 4.78 is 4.62. The van der Waals surface area contributed by atoms with Gasteiger partial charge in [-0.3, -0.25) is 4.79 Å². The molecule has 0 N–H and O–H groups in total. The van der Waals surface area contributed by atoms with E-state index < -0.39 is 0 Å². The number of methoxy groups -OCH3 is 1. The number of carbonyl (C=O) groups excluding carboxylic acids is 2. The molecule has 0 bridgehead atoms. The summed E-state index contributed by atoms with van der Waals surface area (Å²) in [6.45, 7) is 0. The van der Waals surface area contributed by atoms with Gasteiger partial charge in [0.15, 0.2) is 5.78 Å². The van der Waals surface area contributed by atoms with Crippen LogP contribution < -0.4 is 0 Å². The molecule has 0 atom stereocenters. The maximum Gasteiger partial charge on any atom is 0.337 e. The molecule has 1 aromatic rings. The summed E-state index contributed by atoms with van der Waals surface area (Å²) in [5.74, 6) is 0.577. The van der Waals surface area contributed by atoms with Crippen molar-refractivity contribution in [1.29, 1.82) is 0 Å². The molecule has 1 heterocycles. The number of hydrogen-bond donors (Lipinski definition) is 0. The fourth-order valence-corrected chi connectivity index (χ4v) is 2.56. The summed E-state index contributed by atoms with van der Waals surface area (Å²) in [5.41, 5.74) is 1.22. The lowest BCUT2D eigenvalue weighted by molar-refractivity contribution is 0.0600. The fraction of sp³-hybridized carbons (Fsp3) is 0.273. The lowest BCUT2D eigenvalue weighted by Crippen LogP contribution is -2.10. The van der Waals surface area contributed by atoms with Crippen molar-refractivity contribution in [1.82, 2.24) is 0 Å². The van der Waals surface area contributed by atoms with Gasteiger partial charge in [-0.2, -0.15) is 0 Å². The number of benzene rings is 1. The molecule has 78 valence electrons. The minimum Gasteiger partial charge on any atom is -0.465 e. The molecule has 0 fully saturated rings. The van der Waals surface area contributed by atoms with Crippen LogP contribution in [0.25, 0.3) is 0 Å².